The zero-order valence-corrected chi connectivity index (χ0v) is 8.79. The van der Waals surface area contributed by atoms with E-state index in [0.717, 1.165) is 18.2 Å². The van der Waals surface area contributed by atoms with Gasteiger partial charge < -0.3 is 4.55 Å². The van der Waals surface area contributed by atoms with Gasteiger partial charge in [0, 0.05) is 5.56 Å². The average molecular weight is 250 g/mol. The number of benzene rings is 1. The van der Waals surface area contributed by atoms with Gasteiger partial charge >= 0.3 is 0 Å². The molecule has 0 aliphatic rings. The fourth-order valence-electron chi connectivity index (χ4n) is 0.962. The number of hydrogen-bond acceptors (Lipinski definition) is 4. The standard InChI is InChI=1S/C7H6O6S2/c8-4-5-3-6(14(9)10)1-2-7(5)15(11,12)13/h1-4H,(H,9,10)(H,11,12,13). The van der Waals surface area contributed by atoms with Crippen LogP contribution in [0.5, 0.6) is 0 Å². The van der Waals surface area contributed by atoms with E-state index in [2.05, 4.69) is 0 Å². The lowest BCUT2D eigenvalue weighted by Gasteiger charge is -2.02. The molecule has 0 saturated carbocycles. The van der Waals surface area contributed by atoms with Crippen LogP contribution in [0.2, 0.25) is 0 Å². The molecule has 1 unspecified atom stereocenters. The van der Waals surface area contributed by atoms with Gasteiger partial charge in [-0.15, -0.1) is 0 Å². The van der Waals surface area contributed by atoms with Gasteiger partial charge in [-0.05, 0) is 18.2 Å². The molecule has 6 nitrogen and oxygen atoms in total. The molecule has 0 heterocycles. The molecule has 2 N–H and O–H groups in total. The van der Waals surface area contributed by atoms with Gasteiger partial charge in [-0.1, -0.05) is 0 Å². The first kappa shape index (κ1) is 12.0. The fourth-order valence-corrected chi connectivity index (χ4v) is 2.02. The molecule has 0 saturated heterocycles. The van der Waals surface area contributed by atoms with Crippen LogP contribution in [0.3, 0.4) is 0 Å². The Labute approximate surface area is 88.0 Å². The molecule has 1 aromatic carbocycles. The summed E-state index contributed by atoms with van der Waals surface area (Å²) >= 11 is -2.31. The maximum Gasteiger partial charge on any atom is 0.295 e. The maximum absolute atomic E-state index is 10.8. The highest BCUT2D eigenvalue weighted by Gasteiger charge is 2.16. The Hall–Kier alpha value is -1.09. The summed E-state index contributed by atoms with van der Waals surface area (Å²) in [5.41, 5.74) is -0.364. The summed E-state index contributed by atoms with van der Waals surface area (Å²) in [6.45, 7) is 0. The number of carbonyl (C=O) groups excluding carboxylic acids is 1. The lowest BCUT2D eigenvalue weighted by Crippen LogP contribution is -2.03. The molecule has 0 aliphatic carbocycles. The van der Waals surface area contributed by atoms with Crippen molar-refractivity contribution in [2.45, 2.75) is 9.79 Å². The van der Waals surface area contributed by atoms with Crippen LogP contribution < -0.4 is 0 Å². The molecule has 15 heavy (non-hydrogen) atoms. The molecule has 8 heteroatoms. The van der Waals surface area contributed by atoms with Gasteiger partial charge in [0.1, 0.15) is 4.90 Å². The normalized spacial score (nSPS) is 13.5. The average Bonchev–Trinajstić information content (AvgIpc) is 2.15. The number of hydrogen-bond donors (Lipinski definition) is 2. The summed E-state index contributed by atoms with van der Waals surface area (Å²) in [4.78, 5) is 9.78. The molecule has 0 aromatic heterocycles. The van der Waals surface area contributed by atoms with E-state index < -0.39 is 26.1 Å². The molecule has 0 aliphatic heterocycles. The molecule has 0 amide bonds. The summed E-state index contributed by atoms with van der Waals surface area (Å²) in [6.07, 6.45) is 0.180. The molecule has 0 fully saturated rings. The quantitative estimate of drug-likeness (QED) is 0.454. The van der Waals surface area contributed by atoms with Crippen molar-refractivity contribution in [3.05, 3.63) is 23.8 Å². The molecule has 0 spiro atoms. The van der Waals surface area contributed by atoms with Gasteiger partial charge in [0.25, 0.3) is 10.1 Å². The molecular formula is C7H6O6S2. The van der Waals surface area contributed by atoms with E-state index in [9.17, 15) is 17.4 Å². The van der Waals surface area contributed by atoms with Crippen molar-refractivity contribution in [1.82, 2.24) is 0 Å². The molecule has 1 atom stereocenters. The van der Waals surface area contributed by atoms with Gasteiger partial charge in [0.05, 0.1) is 4.90 Å². The minimum Gasteiger partial charge on any atom is -0.302 e. The van der Waals surface area contributed by atoms with Crippen LogP contribution in [0.4, 0.5) is 0 Å². The second kappa shape index (κ2) is 4.19. The summed E-state index contributed by atoms with van der Waals surface area (Å²) in [7, 11) is -4.50. The highest BCUT2D eigenvalue weighted by atomic mass is 32.2. The third kappa shape index (κ3) is 2.69. The third-order valence-electron chi connectivity index (χ3n) is 1.59. The van der Waals surface area contributed by atoms with E-state index >= 15 is 0 Å². The molecule has 1 rings (SSSR count). The van der Waals surface area contributed by atoms with Crippen LogP contribution in [-0.2, 0) is 21.2 Å². The van der Waals surface area contributed by atoms with Gasteiger partial charge in [0.15, 0.2) is 17.4 Å². The zero-order chi connectivity index (χ0) is 11.6. The maximum atomic E-state index is 10.8. The van der Waals surface area contributed by atoms with Crippen LogP contribution in [-0.4, -0.2) is 28.0 Å². The first-order valence-electron chi connectivity index (χ1n) is 3.54. The summed E-state index contributed by atoms with van der Waals surface area (Å²) in [5.74, 6) is 0. The van der Waals surface area contributed by atoms with Crippen molar-refractivity contribution in [2.24, 2.45) is 0 Å². The van der Waals surface area contributed by atoms with Crippen LogP contribution in [0.25, 0.3) is 0 Å². The van der Waals surface area contributed by atoms with E-state index in [1.165, 1.54) is 0 Å². The first-order valence-corrected chi connectivity index (χ1v) is 6.08. The Morgan fingerprint density at radius 3 is 2.33 bits per heavy atom. The number of carbonyl (C=O) groups is 1. The Balaban J connectivity index is 3.47. The third-order valence-corrected chi connectivity index (χ3v) is 3.17. The fraction of sp³-hybridized carbons (Fsp3) is 0. The predicted octanol–water partition coefficient (Wildman–Crippen LogP) is 0.326. The van der Waals surface area contributed by atoms with Crippen molar-refractivity contribution in [1.29, 1.82) is 0 Å². The minimum atomic E-state index is -4.50. The van der Waals surface area contributed by atoms with Gasteiger partial charge in [-0.3, -0.25) is 9.35 Å². The Bertz CT molecular complexity index is 518. The summed E-state index contributed by atoms with van der Waals surface area (Å²) in [6, 6.07) is 2.85. The second-order valence-electron chi connectivity index (χ2n) is 2.54. The first-order chi connectivity index (χ1) is 6.86. The predicted molar refractivity (Wildman–Crippen MR) is 50.7 cm³/mol. The lowest BCUT2D eigenvalue weighted by atomic mass is 10.2. The summed E-state index contributed by atoms with van der Waals surface area (Å²) in [5, 5.41) is 0. The van der Waals surface area contributed by atoms with E-state index in [1.807, 2.05) is 0 Å². The van der Waals surface area contributed by atoms with Crippen LogP contribution >= 0.6 is 0 Å². The van der Waals surface area contributed by atoms with Crippen molar-refractivity contribution in [3.8, 4) is 0 Å². The second-order valence-corrected chi connectivity index (χ2v) is 4.90. The highest BCUT2D eigenvalue weighted by molar-refractivity contribution is 7.86. The Morgan fingerprint density at radius 2 is 1.93 bits per heavy atom. The van der Waals surface area contributed by atoms with Crippen molar-refractivity contribution in [3.63, 3.8) is 0 Å². The highest BCUT2D eigenvalue weighted by Crippen LogP contribution is 2.17. The molecule has 82 valence electrons. The van der Waals surface area contributed by atoms with E-state index in [0.29, 0.717) is 0 Å². The topological polar surface area (TPSA) is 109 Å². The van der Waals surface area contributed by atoms with Crippen LogP contribution in [0.1, 0.15) is 10.4 Å². The van der Waals surface area contributed by atoms with Crippen molar-refractivity contribution in [2.75, 3.05) is 0 Å². The molecular weight excluding hydrogens is 244 g/mol. The smallest absolute Gasteiger partial charge is 0.295 e. The largest absolute Gasteiger partial charge is 0.302 e. The zero-order valence-electron chi connectivity index (χ0n) is 7.15. The molecule has 1 aromatic rings. The SMILES string of the molecule is O=Cc1cc(S(=O)O)ccc1S(=O)(=O)O. The monoisotopic (exact) mass is 250 g/mol. The lowest BCUT2D eigenvalue weighted by molar-refractivity contribution is 0.112. The Kier molecular flexibility index (Phi) is 3.35. The van der Waals surface area contributed by atoms with Crippen molar-refractivity contribution >= 4 is 27.5 Å². The van der Waals surface area contributed by atoms with E-state index in [-0.39, 0.29) is 16.7 Å². The number of rotatable bonds is 3. The van der Waals surface area contributed by atoms with E-state index in [1.54, 1.807) is 0 Å². The Morgan fingerprint density at radius 1 is 1.33 bits per heavy atom. The van der Waals surface area contributed by atoms with E-state index in [4.69, 9.17) is 9.11 Å². The van der Waals surface area contributed by atoms with Crippen LogP contribution in [0, 0.1) is 0 Å². The molecule has 0 radical (unpaired) electrons. The van der Waals surface area contributed by atoms with Gasteiger partial charge in [-0.25, -0.2) is 4.21 Å². The minimum absolute atomic E-state index is 0.121. The van der Waals surface area contributed by atoms with Crippen molar-refractivity contribution < 1.29 is 26.5 Å². The van der Waals surface area contributed by atoms with Gasteiger partial charge in [0.2, 0.25) is 0 Å². The van der Waals surface area contributed by atoms with Crippen LogP contribution in [0.15, 0.2) is 28.0 Å². The summed E-state index contributed by atoms with van der Waals surface area (Å²) < 4.78 is 49.5. The van der Waals surface area contributed by atoms with Gasteiger partial charge in [-0.2, -0.15) is 8.42 Å². The number of aldehydes is 1. The molecule has 0 bridgehead atoms.